The van der Waals surface area contributed by atoms with Gasteiger partial charge in [0.25, 0.3) is 0 Å². The maximum Gasteiger partial charge on any atom is 0.387 e. The number of alkyl halides is 2. The van der Waals surface area contributed by atoms with E-state index >= 15 is 0 Å². The minimum Gasteiger partial charge on any atom is -0.486 e. The van der Waals surface area contributed by atoms with Crippen molar-refractivity contribution in [2.75, 3.05) is 31.1 Å². The Labute approximate surface area is 206 Å². The van der Waals surface area contributed by atoms with Crippen molar-refractivity contribution in [2.24, 2.45) is 0 Å². The molecule has 194 valence electrons. The molecule has 3 heterocycles. The summed E-state index contributed by atoms with van der Waals surface area (Å²) in [7, 11) is 0. The van der Waals surface area contributed by atoms with E-state index in [2.05, 4.69) is 31.9 Å². The highest BCUT2D eigenvalue weighted by molar-refractivity contribution is 5.57. The van der Waals surface area contributed by atoms with E-state index in [1.54, 1.807) is 6.07 Å². The number of epoxide rings is 1. The number of aryl methyl sites for hydroxylation is 1. The number of aromatic amines is 1. The average molecular weight is 494 g/mol. The average Bonchev–Trinajstić information content (AvgIpc) is 3.20. The number of ether oxygens (including phenoxy) is 3. The molecule has 0 bridgehead atoms. The van der Waals surface area contributed by atoms with Gasteiger partial charge < -0.3 is 19.1 Å². The summed E-state index contributed by atoms with van der Waals surface area (Å²) in [4.78, 5) is 9.27. The molecule has 8 nitrogen and oxygen atoms in total. The Bertz CT molecular complexity index is 1000. The van der Waals surface area contributed by atoms with E-state index in [0.29, 0.717) is 24.8 Å². The zero-order chi connectivity index (χ0) is 24.4. The Hall–Kier alpha value is -2.46. The first-order valence-electron chi connectivity index (χ1n) is 12.7. The first-order chi connectivity index (χ1) is 17.0. The maximum atomic E-state index is 13.0. The molecule has 1 aromatic heterocycles. The van der Waals surface area contributed by atoms with Crippen LogP contribution < -0.4 is 14.4 Å². The first-order valence-corrected chi connectivity index (χ1v) is 12.7. The minimum atomic E-state index is -2.88. The molecular formula is C25H37F2N5O3. The Balaban J connectivity index is 0.00000304. The van der Waals surface area contributed by atoms with Crippen LogP contribution in [-0.4, -0.2) is 70.8 Å². The third-order valence-electron chi connectivity index (χ3n) is 7.29. The summed E-state index contributed by atoms with van der Waals surface area (Å²) in [5, 5.41) is 7.24. The van der Waals surface area contributed by atoms with Crippen molar-refractivity contribution in [3.63, 3.8) is 0 Å². The fourth-order valence-electron chi connectivity index (χ4n) is 5.54. The number of halogens is 2. The Morgan fingerprint density at radius 1 is 1.26 bits per heavy atom. The van der Waals surface area contributed by atoms with Crippen molar-refractivity contribution in [1.82, 2.24) is 20.1 Å². The summed E-state index contributed by atoms with van der Waals surface area (Å²) in [5.74, 6) is 2.10. The van der Waals surface area contributed by atoms with Crippen LogP contribution in [0.25, 0.3) is 0 Å². The van der Waals surface area contributed by atoms with Gasteiger partial charge in [0.2, 0.25) is 0 Å². The van der Waals surface area contributed by atoms with Gasteiger partial charge in [0.05, 0.1) is 19.1 Å². The van der Waals surface area contributed by atoms with Crippen LogP contribution in [-0.2, 0) is 11.2 Å². The van der Waals surface area contributed by atoms with E-state index in [9.17, 15) is 8.78 Å². The zero-order valence-corrected chi connectivity index (χ0v) is 20.5. The normalized spacial score (nSPS) is 25.4. The molecule has 2 saturated heterocycles. The highest BCUT2D eigenvalue weighted by Gasteiger charge is 2.54. The van der Waals surface area contributed by atoms with Crippen molar-refractivity contribution >= 4 is 5.69 Å². The molecule has 3 fully saturated rings. The van der Waals surface area contributed by atoms with Crippen molar-refractivity contribution in [3.05, 3.63) is 29.8 Å². The van der Waals surface area contributed by atoms with E-state index < -0.39 is 6.61 Å². The first kappa shape index (κ1) is 24.2. The second-order valence-electron chi connectivity index (χ2n) is 9.86. The number of anilines is 1. The maximum absolute atomic E-state index is 13.0. The number of aromatic nitrogens is 3. The zero-order valence-electron chi connectivity index (χ0n) is 20.5. The third-order valence-corrected chi connectivity index (χ3v) is 7.29. The molecule has 5 rings (SSSR count). The van der Waals surface area contributed by atoms with Crippen LogP contribution >= 0.6 is 0 Å². The smallest absolute Gasteiger partial charge is 0.387 e. The number of rotatable bonds is 10. The van der Waals surface area contributed by atoms with Crippen LogP contribution in [0.2, 0.25) is 0 Å². The fourth-order valence-corrected chi connectivity index (χ4v) is 5.54. The number of benzene rings is 1. The fraction of sp³-hybridized carbons (Fsp3) is 0.680. The number of hydrogen-bond donors (Lipinski definition) is 1. The van der Waals surface area contributed by atoms with Crippen LogP contribution in [0.15, 0.2) is 18.2 Å². The minimum absolute atomic E-state index is 0. The molecule has 10 heteroatoms. The Kier molecular flexibility index (Phi) is 7.11. The van der Waals surface area contributed by atoms with E-state index in [0.717, 1.165) is 75.5 Å². The molecule has 35 heavy (non-hydrogen) atoms. The predicted octanol–water partition coefficient (Wildman–Crippen LogP) is 4.54. The summed E-state index contributed by atoms with van der Waals surface area (Å²) < 4.78 is 42.9. The van der Waals surface area contributed by atoms with E-state index in [1.807, 2.05) is 19.1 Å². The molecule has 2 aromatic rings. The highest BCUT2D eigenvalue weighted by Crippen LogP contribution is 2.40. The van der Waals surface area contributed by atoms with Crippen LogP contribution in [0.3, 0.4) is 0 Å². The molecule has 0 spiro atoms. The summed E-state index contributed by atoms with van der Waals surface area (Å²) >= 11 is 0. The van der Waals surface area contributed by atoms with Crippen LogP contribution in [0.1, 0.15) is 58.5 Å². The second kappa shape index (κ2) is 10.3. The SMILES string of the molecule is CCC[C@H]1CN(c2ccc(OC(F)F)c(OC3CCCC3)c2)CCN1C1(Cc2n[nH]c(C)n2)CO1.[HH]. The number of piperazine rings is 1. The molecule has 2 aliphatic heterocycles. The standard InChI is InChI=1S/C25H35F2N5O3.H2/c1-3-6-19-15-31(11-12-32(19)25(16-33-25)14-23-28-17(2)29-30-23)18-9-10-21(35-24(26)27)22(13-18)34-20-7-4-5-8-20;/h9-10,13,19-20,24H,3-8,11-12,14-16H2,1-2H3,(H,28,29,30);1H/t19-,25?;/m0./s1. The number of nitrogens with one attached hydrogen (secondary N) is 1. The van der Waals surface area contributed by atoms with E-state index in [1.165, 1.54) is 0 Å². The number of nitrogens with zero attached hydrogens (tertiary/aromatic N) is 4. The molecular weight excluding hydrogens is 456 g/mol. The van der Waals surface area contributed by atoms with Gasteiger partial charge in [-0.15, -0.1) is 0 Å². The second-order valence-corrected chi connectivity index (χ2v) is 9.86. The Morgan fingerprint density at radius 2 is 2.06 bits per heavy atom. The monoisotopic (exact) mass is 493 g/mol. The van der Waals surface area contributed by atoms with Gasteiger partial charge in [0.1, 0.15) is 5.82 Å². The summed E-state index contributed by atoms with van der Waals surface area (Å²) in [6.45, 7) is 4.35. The predicted molar refractivity (Wildman–Crippen MR) is 129 cm³/mol. The molecule has 1 unspecified atom stereocenters. The quantitative estimate of drug-likeness (QED) is 0.487. The molecule has 3 aliphatic rings. The van der Waals surface area contributed by atoms with Crippen LogP contribution in [0.5, 0.6) is 11.5 Å². The molecule has 1 N–H and O–H groups in total. The lowest BCUT2D eigenvalue weighted by atomic mass is 10.0. The Morgan fingerprint density at radius 3 is 2.71 bits per heavy atom. The van der Waals surface area contributed by atoms with Gasteiger partial charge in [-0.05, 0) is 51.2 Å². The van der Waals surface area contributed by atoms with Crippen molar-refractivity contribution < 1.29 is 24.4 Å². The largest absolute Gasteiger partial charge is 0.486 e. The lowest BCUT2D eigenvalue weighted by Crippen LogP contribution is -2.58. The van der Waals surface area contributed by atoms with Gasteiger partial charge in [0.15, 0.2) is 23.0 Å². The van der Waals surface area contributed by atoms with Gasteiger partial charge in [-0.1, -0.05) is 13.3 Å². The van der Waals surface area contributed by atoms with Gasteiger partial charge >= 0.3 is 6.61 Å². The lowest BCUT2D eigenvalue weighted by molar-refractivity contribution is -0.0520. The molecule has 1 aromatic carbocycles. The van der Waals surface area contributed by atoms with Gasteiger partial charge in [-0.2, -0.15) is 13.9 Å². The van der Waals surface area contributed by atoms with Crippen molar-refractivity contribution in [3.8, 4) is 11.5 Å². The van der Waals surface area contributed by atoms with Crippen molar-refractivity contribution in [1.29, 1.82) is 0 Å². The number of H-pyrrole nitrogens is 1. The number of hydrogen-bond acceptors (Lipinski definition) is 7. The molecule has 1 aliphatic carbocycles. The molecule has 0 radical (unpaired) electrons. The topological polar surface area (TPSA) is 79.0 Å². The third kappa shape index (κ3) is 5.53. The molecule has 1 saturated carbocycles. The summed E-state index contributed by atoms with van der Waals surface area (Å²) in [5.41, 5.74) is 0.627. The van der Waals surface area contributed by atoms with E-state index in [-0.39, 0.29) is 19.0 Å². The highest BCUT2D eigenvalue weighted by atomic mass is 19.3. The molecule has 2 atom stereocenters. The summed E-state index contributed by atoms with van der Waals surface area (Å²) in [6.07, 6.45) is 6.91. The van der Waals surface area contributed by atoms with E-state index in [4.69, 9.17) is 14.2 Å². The molecule has 0 amide bonds. The van der Waals surface area contributed by atoms with Crippen LogP contribution in [0.4, 0.5) is 14.5 Å². The van der Waals surface area contributed by atoms with Gasteiger partial charge in [-0.25, -0.2) is 4.98 Å². The lowest BCUT2D eigenvalue weighted by Gasteiger charge is -2.45. The summed E-state index contributed by atoms with van der Waals surface area (Å²) in [6, 6.07) is 5.64. The van der Waals surface area contributed by atoms with Crippen LogP contribution in [0, 0.1) is 6.92 Å². The van der Waals surface area contributed by atoms with Gasteiger partial charge in [-0.3, -0.25) is 10.00 Å². The van der Waals surface area contributed by atoms with Gasteiger partial charge in [0, 0.05) is 38.9 Å². The van der Waals surface area contributed by atoms with Crippen molar-refractivity contribution in [2.45, 2.75) is 83.3 Å².